The molecule has 1 aliphatic rings. The highest BCUT2D eigenvalue weighted by molar-refractivity contribution is 6.77. The summed E-state index contributed by atoms with van der Waals surface area (Å²) in [5.41, 5.74) is 2.47. The molecule has 0 saturated carbocycles. The van der Waals surface area contributed by atoms with E-state index < -0.39 is 26.4 Å². The number of methoxy groups -OCH3 is 1. The second-order valence-corrected chi connectivity index (χ2v) is 15.9. The van der Waals surface area contributed by atoms with E-state index in [1.54, 1.807) is 7.11 Å². The van der Waals surface area contributed by atoms with Gasteiger partial charge in [-0.1, -0.05) is 78.8 Å². The fourth-order valence-corrected chi connectivity index (χ4v) is 11.1. The third-order valence-electron chi connectivity index (χ3n) is 7.32. The molecule has 0 aliphatic carbocycles. The fourth-order valence-electron chi connectivity index (χ4n) is 5.63. The highest BCUT2D eigenvalue weighted by Crippen LogP contribution is 2.42. The summed E-state index contributed by atoms with van der Waals surface area (Å²) in [7, 11) is -0.477. The molecule has 2 amide bonds. The number of hydrogen-bond donors (Lipinski definition) is 0. The van der Waals surface area contributed by atoms with Crippen molar-refractivity contribution in [2.45, 2.75) is 90.1 Å². The van der Waals surface area contributed by atoms with E-state index in [1.807, 2.05) is 37.3 Å². The van der Waals surface area contributed by atoms with Gasteiger partial charge < -0.3 is 18.6 Å². The number of cyclic esters (lactones) is 1. The van der Waals surface area contributed by atoms with Gasteiger partial charge in [0.15, 0.2) is 8.32 Å². The van der Waals surface area contributed by atoms with Gasteiger partial charge in [-0.05, 0) is 35.0 Å². The third-order valence-corrected chi connectivity index (χ3v) is 13.4. The Morgan fingerprint density at radius 1 is 1.06 bits per heavy atom. The second kappa shape index (κ2) is 13.5. The zero-order valence-electron chi connectivity index (χ0n) is 22.8. The van der Waals surface area contributed by atoms with Crippen molar-refractivity contribution in [3.63, 3.8) is 0 Å². The van der Waals surface area contributed by atoms with Gasteiger partial charge in [0.25, 0.3) is 0 Å². The van der Waals surface area contributed by atoms with E-state index in [1.165, 1.54) is 4.90 Å². The Hall–Kier alpha value is -1.74. The van der Waals surface area contributed by atoms with Gasteiger partial charge >= 0.3 is 6.09 Å². The van der Waals surface area contributed by atoms with Gasteiger partial charge in [0.1, 0.15) is 13.4 Å². The number of amides is 2. The van der Waals surface area contributed by atoms with Gasteiger partial charge in [-0.2, -0.15) is 0 Å². The van der Waals surface area contributed by atoms with Gasteiger partial charge in [-0.25, -0.2) is 9.69 Å². The average Bonchev–Trinajstić information content (AvgIpc) is 3.17. The molecule has 1 fully saturated rings. The highest BCUT2D eigenvalue weighted by Gasteiger charge is 2.46. The molecule has 3 atom stereocenters. The predicted molar refractivity (Wildman–Crippen MR) is 140 cm³/mol. The summed E-state index contributed by atoms with van der Waals surface area (Å²) >= 11 is 0. The molecule has 35 heavy (non-hydrogen) atoms. The monoisotopic (exact) mass is 507 g/mol. The van der Waals surface area contributed by atoms with Crippen LogP contribution in [0.1, 0.15) is 60.5 Å². The van der Waals surface area contributed by atoms with E-state index in [0.717, 1.165) is 5.56 Å². The van der Waals surface area contributed by atoms with Gasteiger partial charge in [0, 0.05) is 13.7 Å². The van der Waals surface area contributed by atoms with Crippen molar-refractivity contribution in [1.82, 2.24) is 4.90 Å². The minimum atomic E-state index is -2.03. The number of nitrogens with zero attached hydrogens (tertiary/aromatic N) is 1. The fraction of sp³-hybridized carbons (Fsp3) is 0.704. The predicted octanol–water partition coefficient (Wildman–Crippen LogP) is 5.78. The first-order valence-electron chi connectivity index (χ1n) is 12.8. The number of ether oxygens (including phenoxy) is 3. The number of rotatable bonds is 14. The van der Waals surface area contributed by atoms with Crippen molar-refractivity contribution in [2.24, 2.45) is 5.92 Å². The molecule has 0 unspecified atom stereocenters. The Morgan fingerprint density at radius 3 is 2.20 bits per heavy atom. The second-order valence-electron chi connectivity index (χ2n) is 10.5. The number of carbonyl (C=O) groups excluding carboxylic acids is 2. The Balaban J connectivity index is 2.13. The molecule has 0 aromatic heterocycles. The number of hydrogen-bond acceptors (Lipinski definition) is 6. The average molecular weight is 508 g/mol. The molecule has 2 rings (SSSR count). The summed E-state index contributed by atoms with van der Waals surface area (Å²) in [6, 6.07) is 9.49. The molecular formula is C27H45NO6Si. The zero-order chi connectivity index (χ0) is 26.2. The summed E-state index contributed by atoms with van der Waals surface area (Å²) in [5, 5.41) is 0. The molecule has 1 aliphatic heterocycles. The maximum Gasteiger partial charge on any atom is 0.416 e. The largest absolute Gasteiger partial charge is 0.447 e. The van der Waals surface area contributed by atoms with Crippen LogP contribution in [0.4, 0.5) is 4.79 Å². The van der Waals surface area contributed by atoms with Crippen LogP contribution in [0.25, 0.3) is 0 Å². The molecule has 1 heterocycles. The maximum atomic E-state index is 13.5. The van der Waals surface area contributed by atoms with Gasteiger partial charge in [0.05, 0.1) is 18.1 Å². The summed E-state index contributed by atoms with van der Waals surface area (Å²) in [5.74, 6) is -0.833. The van der Waals surface area contributed by atoms with Gasteiger partial charge in [-0.3, -0.25) is 4.79 Å². The Morgan fingerprint density at radius 2 is 1.66 bits per heavy atom. The van der Waals surface area contributed by atoms with Crippen LogP contribution >= 0.6 is 0 Å². The lowest BCUT2D eigenvalue weighted by atomic mass is 9.98. The lowest BCUT2D eigenvalue weighted by molar-refractivity contribution is -0.144. The number of imide groups is 1. The van der Waals surface area contributed by atoms with Gasteiger partial charge in [0.2, 0.25) is 5.91 Å². The Kier molecular flexibility index (Phi) is 11.4. The topological polar surface area (TPSA) is 74.3 Å². The first kappa shape index (κ1) is 29.5. The molecule has 198 valence electrons. The van der Waals surface area contributed by atoms with Crippen LogP contribution < -0.4 is 0 Å². The standard InChI is InChI=1S/C27H45NO6Si/c1-19(2)35(20(3)4,21(5)6)34-15-14-25(33-18-31-8)22(7)26(29)28-24(17-32-27(28)30)16-23-12-10-9-11-13-23/h9-13,19-22,24-25H,14-18H2,1-8H3/t22-,24-,25+/m0/s1. The maximum absolute atomic E-state index is 13.5. The zero-order valence-corrected chi connectivity index (χ0v) is 23.8. The molecule has 0 radical (unpaired) electrons. The van der Waals surface area contributed by atoms with Crippen molar-refractivity contribution in [3.8, 4) is 0 Å². The van der Waals surface area contributed by atoms with Crippen molar-refractivity contribution in [1.29, 1.82) is 0 Å². The first-order valence-corrected chi connectivity index (χ1v) is 15.0. The minimum absolute atomic E-state index is 0.0707. The van der Waals surface area contributed by atoms with Crippen molar-refractivity contribution >= 4 is 20.3 Å². The van der Waals surface area contributed by atoms with E-state index >= 15 is 0 Å². The van der Waals surface area contributed by atoms with Crippen LogP contribution in [0.5, 0.6) is 0 Å². The molecule has 7 nitrogen and oxygen atoms in total. The van der Waals surface area contributed by atoms with Crippen molar-refractivity contribution < 1.29 is 28.2 Å². The Bertz CT molecular complexity index is 778. The van der Waals surface area contributed by atoms with Crippen LogP contribution in [0.2, 0.25) is 16.6 Å². The molecule has 0 spiro atoms. The number of carbonyl (C=O) groups is 2. The summed E-state index contributed by atoms with van der Waals surface area (Å²) < 4.78 is 23.0. The van der Waals surface area contributed by atoms with Crippen LogP contribution in [-0.4, -0.2) is 64.5 Å². The minimum Gasteiger partial charge on any atom is -0.447 e. The summed E-state index contributed by atoms with van der Waals surface area (Å²) in [6.45, 7) is 16.1. The van der Waals surface area contributed by atoms with Crippen LogP contribution in [0.15, 0.2) is 30.3 Å². The molecular weight excluding hydrogens is 462 g/mol. The smallest absolute Gasteiger partial charge is 0.416 e. The van der Waals surface area contributed by atoms with E-state index in [9.17, 15) is 9.59 Å². The van der Waals surface area contributed by atoms with E-state index in [2.05, 4.69) is 41.5 Å². The highest BCUT2D eigenvalue weighted by atomic mass is 28.4. The normalized spacial score (nSPS) is 18.4. The molecule has 1 saturated heterocycles. The van der Waals surface area contributed by atoms with E-state index in [-0.39, 0.29) is 25.3 Å². The third kappa shape index (κ3) is 7.15. The van der Waals surface area contributed by atoms with Gasteiger partial charge in [-0.15, -0.1) is 0 Å². The molecule has 8 heteroatoms. The van der Waals surface area contributed by atoms with E-state index in [0.29, 0.717) is 36.1 Å². The summed E-state index contributed by atoms with van der Waals surface area (Å²) in [6.07, 6.45) is 0.0775. The van der Waals surface area contributed by atoms with Crippen LogP contribution in [0.3, 0.4) is 0 Å². The Labute approximate surface area is 212 Å². The quantitative estimate of drug-likeness (QED) is 0.235. The van der Waals surface area contributed by atoms with Crippen molar-refractivity contribution in [3.05, 3.63) is 35.9 Å². The lowest BCUT2D eigenvalue weighted by Gasteiger charge is -2.42. The van der Waals surface area contributed by atoms with Crippen molar-refractivity contribution in [2.75, 3.05) is 27.1 Å². The van der Waals surface area contributed by atoms with Crippen LogP contribution in [-0.2, 0) is 29.9 Å². The molecule has 1 aromatic rings. The molecule has 0 N–H and O–H groups in total. The molecule has 0 bridgehead atoms. The first-order chi connectivity index (χ1) is 16.6. The SMILES string of the molecule is COCO[C@H](CCO[Si](C(C)C)(C(C)C)C(C)C)[C@H](C)C(=O)N1C(=O)OC[C@@H]1Cc1ccccc1. The van der Waals surface area contributed by atoms with Crippen LogP contribution in [0, 0.1) is 5.92 Å². The van der Waals surface area contributed by atoms with E-state index in [4.69, 9.17) is 18.6 Å². The lowest BCUT2D eigenvalue weighted by Crippen LogP contribution is -2.49. The molecule has 1 aromatic carbocycles. The number of benzene rings is 1. The summed E-state index contributed by atoms with van der Waals surface area (Å²) in [4.78, 5) is 27.3.